The summed E-state index contributed by atoms with van der Waals surface area (Å²) in [5.41, 5.74) is 1.69. The predicted molar refractivity (Wildman–Crippen MR) is 97.2 cm³/mol. The van der Waals surface area contributed by atoms with E-state index in [4.69, 9.17) is 0 Å². The van der Waals surface area contributed by atoms with Crippen LogP contribution in [-0.4, -0.2) is 33.4 Å². The second kappa shape index (κ2) is 7.20. The SMILES string of the molecule is C=CCNC(=O)CSc1nnc(-c2cccs2)c2sc(C)nc12. The standard InChI is InChI=1S/C15H14N4OS3/c1-3-6-16-11(20)8-22-15-13-14(23-9(2)17-13)12(18-19-15)10-5-4-7-21-10/h3-5,7H,1,6,8H2,2H3,(H,16,20). The molecule has 5 nitrogen and oxygen atoms in total. The fraction of sp³-hybridized carbons (Fsp3) is 0.200. The normalized spacial score (nSPS) is 10.8. The van der Waals surface area contributed by atoms with Gasteiger partial charge in [-0.05, 0) is 18.4 Å². The lowest BCUT2D eigenvalue weighted by atomic mass is 10.3. The Balaban J connectivity index is 1.89. The van der Waals surface area contributed by atoms with Crippen molar-refractivity contribution in [2.24, 2.45) is 0 Å². The lowest BCUT2D eigenvalue weighted by molar-refractivity contribution is -0.118. The fourth-order valence-corrected chi connectivity index (χ4v) is 4.48. The Kier molecular flexibility index (Phi) is 5.04. The number of thioether (sulfide) groups is 1. The Morgan fingerprint density at radius 2 is 2.35 bits per heavy atom. The first-order valence-electron chi connectivity index (χ1n) is 6.87. The molecule has 0 aliphatic heterocycles. The van der Waals surface area contributed by atoms with Gasteiger partial charge in [0.1, 0.15) is 16.2 Å². The van der Waals surface area contributed by atoms with E-state index < -0.39 is 0 Å². The number of carbonyl (C=O) groups is 1. The molecule has 3 rings (SSSR count). The number of nitrogens with one attached hydrogen (secondary N) is 1. The zero-order valence-corrected chi connectivity index (χ0v) is 14.9. The molecule has 3 heterocycles. The van der Waals surface area contributed by atoms with Crippen molar-refractivity contribution >= 4 is 50.6 Å². The minimum absolute atomic E-state index is 0.0564. The van der Waals surface area contributed by atoms with Gasteiger partial charge in [-0.3, -0.25) is 4.79 Å². The van der Waals surface area contributed by atoms with Gasteiger partial charge in [-0.2, -0.15) is 0 Å². The number of aromatic nitrogens is 3. The van der Waals surface area contributed by atoms with Crippen LogP contribution in [0.5, 0.6) is 0 Å². The van der Waals surface area contributed by atoms with E-state index in [2.05, 4.69) is 27.1 Å². The molecule has 1 amide bonds. The van der Waals surface area contributed by atoms with Gasteiger partial charge in [0.15, 0.2) is 0 Å². The summed E-state index contributed by atoms with van der Waals surface area (Å²) in [6, 6.07) is 4.02. The molecule has 0 aliphatic carbocycles. The maximum Gasteiger partial charge on any atom is 0.230 e. The molecule has 0 aromatic carbocycles. The molecule has 0 aliphatic rings. The molecule has 0 spiro atoms. The summed E-state index contributed by atoms with van der Waals surface area (Å²) >= 11 is 4.59. The average molecular weight is 363 g/mol. The van der Waals surface area contributed by atoms with Crippen LogP contribution in [0, 0.1) is 6.92 Å². The molecule has 8 heteroatoms. The first-order chi connectivity index (χ1) is 11.2. The zero-order chi connectivity index (χ0) is 16.2. The van der Waals surface area contributed by atoms with E-state index in [1.54, 1.807) is 28.7 Å². The molecule has 118 valence electrons. The molecule has 0 radical (unpaired) electrons. The van der Waals surface area contributed by atoms with Crippen molar-refractivity contribution in [2.45, 2.75) is 11.9 Å². The van der Waals surface area contributed by atoms with Gasteiger partial charge in [0.05, 0.1) is 20.3 Å². The molecule has 0 unspecified atom stereocenters. The van der Waals surface area contributed by atoms with Crippen LogP contribution in [0.25, 0.3) is 20.8 Å². The van der Waals surface area contributed by atoms with E-state index in [-0.39, 0.29) is 11.7 Å². The Morgan fingerprint density at radius 3 is 3.09 bits per heavy atom. The van der Waals surface area contributed by atoms with E-state index in [0.29, 0.717) is 11.6 Å². The van der Waals surface area contributed by atoms with Gasteiger partial charge in [-0.25, -0.2) is 4.98 Å². The highest BCUT2D eigenvalue weighted by atomic mass is 32.2. The molecule has 0 saturated carbocycles. The molecular weight excluding hydrogens is 348 g/mol. The summed E-state index contributed by atoms with van der Waals surface area (Å²) in [4.78, 5) is 17.4. The molecule has 0 saturated heterocycles. The van der Waals surface area contributed by atoms with Crippen molar-refractivity contribution in [3.05, 3.63) is 35.2 Å². The molecule has 3 aromatic heterocycles. The van der Waals surface area contributed by atoms with E-state index in [0.717, 1.165) is 25.8 Å². The fourth-order valence-electron chi connectivity index (χ4n) is 1.96. The van der Waals surface area contributed by atoms with Crippen molar-refractivity contribution in [3.63, 3.8) is 0 Å². The first-order valence-corrected chi connectivity index (χ1v) is 9.55. The van der Waals surface area contributed by atoms with E-state index in [1.165, 1.54) is 11.8 Å². The Bertz CT molecular complexity index is 842. The number of amides is 1. The number of fused-ring (bicyclic) bond motifs is 1. The number of aryl methyl sites for hydroxylation is 1. The number of thiophene rings is 1. The summed E-state index contributed by atoms with van der Waals surface area (Å²) in [6.45, 7) is 6.01. The molecule has 3 aromatic rings. The lowest BCUT2D eigenvalue weighted by Gasteiger charge is -2.04. The predicted octanol–water partition coefficient (Wildman–Crippen LogP) is 3.52. The van der Waals surface area contributed by atoms with Gasteiger partial charge in [0, 0.05) is 6.54 Å². The lowest BCUT2D eigenvalue weighted by Crippen LogP contribution is -2.24. The van der Waals surface area contributed by atoms with Crippen LogP contribution in [-0.2, 0) is 4.79 Å². The van der Waals surface area contributed by atoms with Gasteiger partial charge in [-0.15, -0.1) is 39.4 Å². The summed E-state index contributed by atoms with van der Waals surface area (Å²) in [7, 11) is 0. The van der Waals surface area contributed by atoms with Crippen LogP contribution < -0.4 is 5.32 Å². The minimum Gasteiger partial charge on any atom is -0.352 e. The second-order valence-corrected chi connectivity index (χ2v) is 7.74. The van der Waals surface area contributed by atoms with Crippen LogP contribution in [0.3, 0.4) is 0 Å². The highest BCUT2D eigenvalue weighted by Crippen LogP contribution is 2.36. The maximum atomic E-state index is 11.7. The third-order valence-electron chi connectivity index (χ3n) is 2.93. The van der Waals surface area contributed by atoms with Crippen molar-refractivity contribution in [1.29, 1.82) is 0 Å². The van der Waals surface area contributed by atoms with E-state index >= 15 is 0 Å². The Morgan fingerprint density at radius 1 is 1.48 bits per heavy atom. The third-order valence-corrected chi connectivity index (χ3v) is 5.74. The van der Waals surface area contributed by atoms with E-state index in [1.807, 2.05) is 24.4 Å². The molecular formula is C15H14N4OS3. The Hall–Kier alpha value is -1.77. The molecule has 1 N–H and O–H groups in total. The van der Waals surface area contributed by atoms with Gasteiger partial charge in [0.2, 0.25) is 5.91 Å². The highest BCUT2D eigenvalue weighted by Gasteiger charge is 2.17. The van der Waals surface area contributed by atoms with Crippen LogP contribution in [0.1, 0.15) is 5.01 Å². The average Bonchev–Trinajstić information content (AvgIpc) is 3.19. The van der Waals surface area contributed by atoms with Crippen LogP contribution in [0.2, 0.25) is 0 Å². The maximum absolute atomic E-state index is 11.7. The van der Waals surface area contributed by atoms with Crippen LogP contribution >= 0.6 is 34.4 Å². The molecule has 0 bridgehead atoms. The van der Waals surface area contributed by atoms with Crippen molar-refractivity contribution in [2.75, 3.05) is 12.3 Å². The van der Waals surface area contributed by atoms with Crippen LogP contribution in [0.15, 0.2) is 35.2 Å². The monoisotopic (exact) mass is 362 g/mol. The summed E-state index contributed by atoms with van der Waals surface area (Å²) < 4.78 is 1.02. The van der Waals surface area contributed by atoms with Gasteiger partial charge >= 0.3 is 0 Å². The van der Waals surface area contributed by atoms with Crippen LogP contribution in [0.4, 0.5) is 0 Å². The largest absolute Gasteiger partial charge is 0.352 e. The van der Waals surface area contributed by atoms with Crippen molar-refractivity contribution in [3.8, 4) is 10.6 Å². The van der Waals surface area contributed by atoms with Gasteiger partial charge < -0.3 is 5.32 Å². The summed E-state index contributed by atoms with van der Waals surface area (Å²) in [5.74, 6) is 0.228. The molecule has 0 atom stereocenters. The van der Waals surface area contributed by atoms with E-state index in [9.17, 15) is 4.79 Å². The number of thiazole rings is 1. The zero-order valence-electron chi connectivity index (χ0n) is 12.4. The number of nitrogens with zero attached hydrogens (tertiary/aromatic N) is 3. The van der Waals surface area contributed by atoms with Crippen molar-refractivity contribution in [1.82, 2.24) is 20.5 Å². The minimum atomic E-state index is -0.0564. The summed E-state index contributed by atoms with van der Waals surface area (Å²) in [6.07, 6.45) is 1.65. The second-order valence-electron chi connectivity index (χ2n) is 4.62. The van der Waals surface area contributed by atoms with Crippen molar-refractivity contribution < 1.29 is 4.79 Å². The number of rotatable bonds is 6. The number of hydrogen-bond donors (Lipinski definition) is 1. The topological polar surface area (TPSA) is 67.8 Å². The number of carbonyl (C=O) groups excluding carboxylic acids is 1. The number of hydrogen-bond acceptors (Lipinski definition) is 7. The third kappa shape index (κ3) is 3.60. The Labute approximate surface area is 145 Å². The molecule has 0 fully saturated rings. The summed E-state index contributed by atoms with van der Waals surface area (Å²) in [5, 5.41) is 15.1. The van der Waals surface area contributed by atoms with Gasteiger partial charge in [-0.1, -0.05) is 23.9 Å². The van der Waals surface area contributed by atoms with Gasteiger partial charge in [0.25, 0.3) is 0 Å². The molecule has 23 heavy (non-hydrogen) atoms. The first kappa shape index (κ1) is 16.1. The quantitative estimate of drug-likeness (QED) is 0.537. The smallest absolute Gasteiger partial charge is 0.230 e. The highest BCUT2D eigenvalue weighted by molar-refractivity contribution is 8.00.